The highest BCUT2D eigenvalue weighted by Gasteiger charge is 2.33. The Morgan fingerprint density at radius 1 is 1.12 bits per heavy atom. The summed E-state index contributed by atoms with van der Waals surface area (Å²) in [6.45, 7) is 6.45. The summed E-state index contributed by atoms with van der Waals surface area (Å²) in [4.78, 5) is 23.1. The van der Waals surface area contributed by atoms with Crippen molar-refractivity contribution in [3.05, 3.63) is 94.3 Å². The summed E-state index contributed by atoms with van der Waals surface area (Å²) in [7, 11) is 0. The van der Waals surface area contributed by atoms with Gasteiger partial charge in [0.1, 0.15) is 6.33 Å². The fourth-order valence-electron chi connectivity index (χ4n) is 4.48. The van der Waals surface area contributed by atoms with Crippen molar-refractivity contribution in [1.82, 2.24) is 20.1 Å². The lowest BCUT2D eigenvalue weighted by Crippen LogP contribution is -2.32. The summed E-state index contributed by atoms with van der Waals surface area (Å²) in [5.74, 6) is 0.679. The van der Waals surface area contributed by atoms with Gasteiger partial charge in [-0.3, -0.25) is 9.69 Å². The van der Waals surface area contributed by atoms with E-state index in [1.807, 2.05) is 51.1 Å². The largest absolute Gasteiger partial charge is 0.416 e. The second-order valence-electron chi connectivity index (χ2n) is 10.0. The highest BCUT2D eigenvalue weighted by molar-refractivity contribution is 8.15. The molecule has 1 aliphatic heterocycles. The highest BCUT2D eigenvalue weighted by atomic mass is 35.5. The zero-order valence-corrected chi connectivity index (χ0v) is 25.7. The van der Waals surface area contributed by atoms with E-state index in [1.54, 1.807) is 11.0 Å². The number of hydrogen-bond acceptors (Lipinski definition) is 5. The molecule has 0 spiro atoms. The van der Waals surface area contributed by atoms with E-state index >= 15 is 0 Å². The molecule has 0 aliphatic carbocycles. The molecule has 43 heavy (non-hydrogen) atoms. The van der Waals surface area contributed by atoms with Crippen LogP contribution in [0.4, 0.5) is 18.9 Å². The Morgan fingerprint density at radius 3 is 2.49 bits per heavy atom. The second-order valence-corrected chi connectivity index (χ2v) is 11.8. The molecule has 5 rings (SSSR count). The number of amidine groups is 1. The maximum Gasteiger partial charge on any atom is 0.416 e. The molecule has 1 amide bonds. The molecule has 1 aromatic heterocycles. The summed E-state index contributed by atoms with van der Waals surface area (Å²) in [6, 6.07) is 16.1. The van der Waals surface area contributed by atoms with E-state index in [2.05, 4.69) is 20.4 Å². The van der Waals surface area contributed by atoms with Crippen molar-refractivity contribution in [1.29, 1.82) is 0 Å². The minimum atomic E-state index is -4.40. The number of benzene rings is 3. The van der Waals surface area contributed by atoms with Crippen LogP contribution in [-0.4, -0.2) is 43.2 Å². The second kappa shape index (κ2) is 12.5. The van der Waals surface area contributed by atoms with Gasteiger partial charge >= 0.3 is 6.18 Å². The van der Waals surface area contributed by atoms with Crippen molar-refractivity contribution in [2.24, 2.45) is 4.99 Å². The number of aromatic nitrogens is 3. The summed E-state index contributed by atoms with van der Waals surface area (Å²) in [5, 5.41) is 8.82. The van der Waals surface area contributed by atoms with Crippen LogP contribution in [0.2, 0.25) is 5.02 Å². The van der Waals surface area contributed by atoms with Crippen LogP contribution in [0.15, 0.2) is 72.0 Å². The number of nitrogens with one attached hydrogen (secondary N) is 1. The van der Waals surface area contributed by atoms with E-state index in [1.165, 1.54) is 34.9 Å². The number of nitrogens with zero attached hydrogens (tertiary/aromatic N) is 5. The van der Waals surface area contributed by atoms with Crippen LogP contribution in [-0.2, 0) is 11.0 Å². The molecule has 13 heteroatoms. The van der Waals surface area contributed by atoms with Crippen molar-refractivity contribution in [2.75, 3.05) is 17.2 Å². The summed E-state index contributed by atoms with van der Waals surface area (Å²) < 4.78 is 40.0. The van der Waals surface area contributed by atoms with Crippen LogP contribution in [0.3, 0.4) is 0 Å². The van der Waals surface area contributed by atoms with Gasteiger partial charge in [-0.15, -0.1) is 5.10 Å². The lowest BCUT2D eigenvalue weighted by Gasteiger charge is -2.21. The van der Waals surface area contributed by atoms with Crippen molar-refractivity contribution in [3.8, 4) is 17.1 Å². The van der Waals surface area contributed by atoms with Crippen molar-refractivity contribution >= 4 is 57.5 Å². The van der Waals surface area contributed by atoms with E-state index in [4.69, 9.17) is 23.8 Å². The number of amides is 1. The highest BCUT2D eigenvalue weighted by Crippen LogP contribution is 2.36. The van der Waals surface area contributed by atoms with Gasteiger partial charge in [-0.1, -0.05) is 60.6 Å². The molecule has 2 heterocycles. The standard InChI is InChI=1S/C30H26ClF3N6OS2/c1-17-4-13-24(31)26(19(17)3)40-25(41)15-43-29(40)37-28(42)35-14-18(2)20-5-7-21(8-6-20)27-36-16-39(38-27)23-11-9-22(10-12-23)30(32,33)34/h4-13,16,18H,14-15H2,1-3H3,(H,35,42). The molecule has 1 unspecified atom stereocenters. The minimum Gasteiger partial charge on any atom is -0.360 e. The smallest absolute Gasteiger partial charge is 0.360 e. The van der Waals surface area contributed by atoms with Crippen LogP contribution in [0, 0.1) is 13.8 Å². The zero-order chi connectivity index (χ0) is 30.9. The van der Waals surface area contributed by atoms with E-state index in [0.717, 1.165) is 34.4 Å². The molecule has 7 nitrogen and oxygen atoms in total. The number of anilines is 1. The zero-order valence-electron chi connectivity index (χ0n) is 23.3. The number of thioether (sulfide) groups is 1. The number of hydrogen-bond donors (Lipinski definition) is 1. The van der Waals surface area contributed by atoms with Crippen LogP contribution in [0.5, 0.6) is 0 Å². The quantitative estimate of drug-likeness (QED) is 0.222. The number of halogens is 4. The average molecular weight is 643 g/mol. The van der Waals surface area contributed by atoms with Gasteiger partial charge in [0.2, 0.25) is 5.91 Å². The van der Waals surface area contributed by atoms with Gasteiger partial charge in [0.15, 0.2) is 16.1 Å². The van der Waals surface area contributed by atoms with Crippen molar-refractivity contribution in [2.45, 2.75) is 32.9 Å². The maximum atomic E-state index is 12.9. The molecule has 4 aromatic rings. The Balaban J connectivity index is 1.22. The molecular formula is C30H26ClF3N6OS2. The summed E-state index contributed by atoms with van der Waals surface area (Å²) in [5.41, 5.74) is 4.13. The number of thiocarbonyl (C=S) groups is 1. The number of rotatable bonds is 6. The topological polar surface area (TPSA) is 75.4 Å². The van der Waals surface area contributed by atoms with Crippen LogP contribution in [0.25, 0.3) is 17.1 Å². The Labute approximate surface area is 261 Å². The van der Waals surface area contributed by atoms with Crippen molar-refractivity contribution in [3.63, 3.8) is 0 Å². The molecule has 0 bridgehead atoms. The minimum absolute atomic E-state index is 0.0762. The van der Waals surface area contributed by atoms with Gasteiger partial charge in [0.05, 0.1) is 27.7 Å². The fraction of sp³-hybridized carbons (Fsp3) is 0.233. The fourth-order valence-corrected chi connectivity index (χ4v) is 5.85. The first-order valence-corrected chi connectivity index (χ1v) is 15.0. The van der Waals surface area contributed by atoms with Gasteiger partial charge < -0.3 is 5.32 Å². The summed E-state index contributed by atoms with van der Waals surface area (Å²) >= 11 is 13.3. The molecule has 0 saturated carbocycles. The third-order valence-electron chi connectivity index (χ3n) is 7.09. The number of aryl methyl sites for hydroxylation is 1. The van der Waals surface area contributed by atoms with Crippen LogP contribution >= 0.6 is 35.6 Å². The molecule has 3 aromatic carbocycles. The predicted octanol–water partition coefficient (Wildman–Crippen LogP) is 7.34. The third kappa shape index (κ3) is 6.76. The van der Waals surface area contributed by atoms with Gasteiger partial charge in [0.25, 0.3) is 0 Å². The molecule has 222 valence electrons. The number of alkyl halides is 3. The van der Waals surface area contributed by atoms with E-state index < -0.39 is 11.7 Å². The first kappa shape index (κ1) is 30.7. The average Bonchev–Trinajstić information content (AvgIpc) is 3.61. The van der Waals surface area contributed by atoms with Crippen LogP contribution in [0.1, 0.15) is 35.1 Å². The molecule has 1 atom stereocenters. The third-order valence-corrected chi connectivity index (χ3v) is 8.55. The SMILES string of the molecule is Cc1ccc(Cl)c(N2C(=O)CSC2=NC(=S)NCC(C)c2ccc(-c3ncn(-c4ccc(C(F)(F)F)cc4)n3)cc2)c1C. The first-order chi connectivity index (χ1) is 20.4. The lowest BCUT2D eigenvalue weighted by atomic mass is 10.00. The first-order valence-electron chi connectivity index (χ1n) is 13.2. The lowest BCUT2D eigenvalue weighted by molar-refractivity contribution is -0.137. The van der Waals surface area contributed by atoms with Crippen LogP contribution < -0.4 is 10.2 Å². The number of carbonyl (C=O) groups is 1. The Kier molecular flexibility index (Phi) is 8.91. The number of aliphatic imine (C=N–C) groups is 1. The number of carbonyl (C=O) groups excluding carboxylic acids is 1. The monoisotopic (exact) mass is 642 g/mol. The summed E-state index contributed by atoms with van der Waals surface area (Å²) in [6.07, 6.45) is -2.93. The maximum absolute atomic E-state index is 12.9. The molecule has 1 fully saturated rings. The molecule has 1 aliphatic rings. The van der Waals surface area contributed by atoms with E-state index in [-0.39, 0.29) is 22.7 Å². The molecular weight excluding hydrogens is 617 g/mol. The predicted molar refractivity (Wildman–Crippen MR) is 169 cm³/mol. The Bertz CT molecular complexity index is 1700. The van der Waals surface area contributed by atoms with Gasteiger partial charge in [-0.2, -0.15) is 18.2 Å². The molecule has 1 saturated heterocycles. The molecule has 1 N–H and O–H groups in total. The Hall–Kier alpha value is -3.74. The molecule has 0 radical (unpaired) electrons. The van der Waals surface area contributed by atoms with E-state index in [9.17, 15) is 18.0 Å². The van der Waals surface area contributed by atoms with E-state index in [0.29, 0.717) is 33.9 Å². The van der Waals surface area contributed by atoms with Crippen molar-refractivity contribution < 1.29 is 18.0 Å². The normalized spacial score (nSPS) is 15.3. The Morgan fingerprint density at radius 2 is 1.81 bits per heavy atom. The van der Waals surface area contributed by atoms with Gasteiger partial charge in [-0.25, -0.2) is 9.67 Å². The van der Waals surface area contributed by atoms with Gasteiger partial charge in [-0.05, 0) is 79.0 Å². The van der Waals surface area contributed by atoms with Gasteiger partial charge in [0, 0.05) is 12.1 Å².